The summed E-state index contributed by atoms with van der Waals surface area (Å²) in [5.74, 6) is -0.614. The number of benzene rings is 2. The van der Waals surface area contributed by atoms with Gasteiger partial charge in [-0.1, -0.05) is 60.7 Å². The van der Waals surface area contributed by atoms with Crippen LogP contribution in [0.1, 0.15) is 16.0 Å². The van der Waals surface area contributed by atoms with Gasteiger partial charge in [-0.05, 0) is 39.2 Å². The minimum absolute atomic E-state index is 0.479. The van der Waals surface area contributed by atoms with E-state index in [9.17, 15) is 9.90 Å². The Bertz CT molecular complexity index is 839. The highest BCUT2D eigenvalue weighted by Gasteiger charge is 2.39. The molecule has 0 aliphatic carbocycles. The lowest BCUT2D eigenvalue weighted by molar-refractivity contribution is -0.136. The molecule has 0 fully saturated rings. The second-order valence-corrected chi connectivity index (χ2v) is 7.78. The molecule has 0 saturated heterocycles. The topological polar surface area (TPSA) is 61.7 Å². The number of hydrogen-bond donors (Lipinski definition) is 2. The summed E-state index contributed by atoms with van der Waals surface area (Å²) >= 11 is 4.87. The van der Waals surface area contributed by atoms with Gasteiger partial charge in [0.05, 0.1) is 10.0 Å². The van der Waals surface area contributed by atoms with Gasteiger partial charge >= 0.3 is 0 Å². The van der Waals surface area contributed by atoms with Crippen LogP contribution in [0.5, 0.6) is 0 Å². The maximum Gasteiger partial charge on any atom is 0.281 e. The minimum Gasteiger partial charge on any atom is -0.372 e. The molecule has 4 nitrogen and oxygen atoms in total. The van der Waals surface area contributed by atoms with Crippen LogP contribution in [0.3, 0.4) is 0 Å². The number of amides is 1. The van der Waals surface area contributed by atoms with E-state index >= 15 is 0 Å². The molecule has 2 N–H and O–H groups in total. The van der Waals surface area contributed by atoms with Crippen molar-refractivity contribution in [2.75, 3.05) is 0 Å². The van der Waals surface area contributed by atoms with Crippen molar-refractivity contribution in [2.45, 2.75) is 5.60 Å². The summed E-state index contributed by atoms with van der Waals surface area (Å²) in [6.07, 6.45) is 1.55. The molecule has 0 saturated carbocycles. The van der Waals surface area contributed by atoms with Gasteiger partial charge < -0.3 is 5.11 Å². The fourth-order valence-corrected chi connectivity index (χ4v) is 3.72. The predicted octanol–water partition coefficient (Wildman–Crippen LogP) is 3.90. The number of nitrogens with one attached hydrogen (secondary N) is 1. The SMILES string of the molecule is O=C(N/N=C/c1ccc(Br)s1)C(O)(c1ccccc1)c1ccccc1. The molecule has 126 valence electrons. The Labute approximate surface area is 158 Å². The number of hydrazone groups is 1. The molecular weight excluding hydrogens is 400 g/mol. The molecular formula is C19H15BrN2O2S. The Balaban J connectivity index is 1.89. The zero-order chi connectivity index (χ0) is 17.7. The van der Waals surface area contributed by atoms with E-state index in [0.29, 0.717) is 11.1 Å². The fourth-order valence-electron chi connectivity index (χ4n) is 2.42. The number of carbonyl (C=O) groups is 1. The van der Waals surface area contributed by atoms with Gasteiger partial charge in [0.15, 0.2) is 5.60 Å². The predicted molar refractivity (Wildman–Crippen MR) is 104 cm³/mol. The standard InChI is InChI=1S/C19H15BrN2O2S/c20-17-12-11-16(25-17)13-21-22-18(23)19(24,14-7-3-1-4-8-14)15-9-5-2-6-10-15/h1-13,24H,(H,22,23)/b21-13+. The zero-order valence-electron chi connectivity index (χ0n) is 13.1. The lowest BCUT2D eigenvalue weighted by Gasteiger charge is -2.26. The third kappa shape index (κ3) is 3.87. The maximum atomic E-state index is 12.8. The molecule has 0 spiro atoms. The van der Waals surface area contributed by atoms with E-state index in [1.165, 1.54) is 11.3 Å². The average molecular weight is 415 g/mol. The molecule has 3 aromatic rings. The summed E-state index contributed by atoms with van der Waals surface area (Å²) in [5.41, 5.74) is 1.59. The van der Waals surface area contributed by atoms with Crippen LogP contribution >= 0.6 is 27.3 Å². The van der Waals surface area contributed by atoms with Crippen molar-refractivity contribution in [3.63, 3.8) is 0 Å². The van der Waals surface area contributed by atoms with E-state index in [1.807, 2.05) is 24.3 Å². The molecule has 1 heterocycles. The van der Waals surface area contributed by atoms with Crippen molar-refractivity contribution >= 4 is 39.4 Å². The largest absolute Gasteiger partial charge is 0.372 e. The Morgan fingerprint density at radius 2 is 1.56 bits per heavy atom. The van der Waals surface area contributed by atoms with Crippen molar-refractivity contribution in [3.05, 3.63) is 92.6 Å². The van der Waals surface area contributed by atoms with Crippen LogP contribution < -0.4 is 5.43 Å². The molecule has 0 aliphatic heterocycles. The minimum atomic E-state index is -1.82. The van der Waals surface area contributed by atoms with Gasteiger partial charge in [0, 0.05) is 4.88 Å². The van der Waals surface area contributed by atoms with Crippen LogP contribution in [-0.4, -0.2) is 17.2 Å². The molecule has 25 heavy (non-hydrogen) atoms. The first-order valence-corrected chi connectivity index (χ1v) is 9.14. The van der Waals surface area contributed by atoms with Crippen LogP contribution in [-0.2, 0) is 10.4 Å². The highest BCUT2D eigenvalue weighted by atomic mass is 79.9. The average Bonchev–Trinajstić information content (AvgIpc) is 3.07. The molecule has 0 atom stereocenters. The number of halogens is 1. The lowest BCUT2D eigenvalue weighted by Crippen LogP contribution is -2.43. The number of carbonyl (C=O) groups excluding carboxylic acids is 1. The molecule has 2 aromatic carbocycles. The summed E-state index contributed by atoms with van der Waals surface area (Å²) < 4.78 is 0.977. The second kappa shape index (κ2) is 7.74. The van der Waals surface area contributed by atoms with Crippen LogP contribution in [0, 0.1) is 0 Å². The normalized spacial score (nSPS) is 11.6. The van der Waals surface area contributed by atoms with E-state index in [2.05, 4.69) is 26.5 Å². The molecule has 1 aromatic heterocycles. The summed E-state index contributed by atoms with van der Waals surface area (Å²) in [7, 11) is 0. The van der Waals surface area contributed by atoms with Gasteiger partial charge in [-0.2, -0.15) is 5.10 Å². The lowest BCUT2D eigenvalue weighted by atomic mass is 9.85. The molecule has 0 unspecified atom stereocenters. The van der Waals surface area contributed by atoms with Crippen molar-refractivity contribution in [2.24, 2.45) is 5.10 Å². The number of nitrogens with zero attached hydrogens (tertiary/aromatic N) is 1. The van der Waals surface area contributed by atoms with Crippen molar-refractivity contribution in [1.82, 2.24) is 5.43 Å². The number of thiophene rings is 1. The highest BCUT2D eigenvalue weighted by molar-refractivity contribution is 9.11. The summed E-state index contributed by atoms with van der Waals surface area (Å²) in [4.78, 5) is 13.7. The first-order valence-electron chi connectivity index (χ1n) is 7.53. The Morgan fingerprint density at radius 3 is 2.04 bits per heavy atom. The van der Waals surface area contributed by atoms with E-state index in [0.717, 1.165) is 8.66 Å². The highest BCUT2D eigenvalue weighted by Crippen LogP contribution is 2.29. The Hall–Kier alpha value is -2.28. The van der Waals surface area contributed by atoms with Gasteiger partial charge in [-0.3, -0.25) is 4.79 Å². The van der Waals surface area contributed by atoms with Gasteiger partial charge in [-0.25, -0.2) is 5.43 Å². The third-order valence-electron chi connectivity index (χ3n) is 3.66. The molecule has 0 bridgehead atoms. The van der Waals surface area contributed by atoms with Gasteiger partial charge in [-0.15, -0.1) is 11.3 Å². The van der Waals surface area contributed by atoms with E-state index in [-0.39, 0.29) is 0 Å². The molecule has 0 aliphatic rings. The first-order chi connectivity index (χ1) is 12.1. The Morgan fingerprint density at radius 1 is 1.00 bits per heavy atom. The second-order valence-electron chi connectivity index (χ2n) is 5.28. The van der Waals surface area contributed by atoms with Crippen LogP contribution in [0.25, 0.3) is 0 Å². The summed E-state index contributed by atoms with van der Waals surface area (Å²) in [5, 5.41) is 15.2. The van der Waals surface area contributed by atoms with Crippen molar-refractivity contribution < 1.29 is 9.90 Å². The number of hydrogen-bond acceptors (Lipinski definition) is 4. The van der Waals surface area contributed by atoms with E-state index in [1.54, 1.807) is 54.7 Å². The van der Waals surface area contributed by atoms with Crippen molar-refractivity contribution in [1.29, 1.82) is 0 Å². The van der Waals surface area contributed by atoms with Crippen LogP contribution in [0.2, 0.25) is 0 Å². The first kappa shape index (κ1) is 17.5. The molecule has 3 rings (SSSR count). The summed E-state index contributed by atoms with van der Waals surface area (Å²) in [6.45, 7) is 0. The van der Waals surface area contributed by atoms with E-state index in [4.69, 9.17) is 0 Å². The van der Waals surface area contributed by atoms with Gasteiger partial charge in [0.1, 0.15) is 0 Å². The molecule has 6 heteroatoms. The van der Waals surface area contributed by atoms with Crippen LogP contribution in [0.15, 0.2) is 81.7 Å². The quantitative estimate of drug-likeness (QED) is 0.491. The maximum absolute atomic E-state index is 12.8. The zero-order valence-corrected chi connectivity index (χ0v) is 15.5. The fraction of sp³-hybridized carbons (Fsp3) is 0.0526. The van der Waals surface area contributed by atoms with Gasteiger partial charge in [0.2, 0.25) is 0 Å². The number of rotatable bonds is 5. The van der Waals surface area contributed by atoms with Crippen molar-refractivity contribution in [3.8, 4) is 0 Å². The smallest absolute Gasteiger partial charge is 0.281 e. The van der Waals surface area contributed by atoms with E-state index < -0.39 is 11.5 Å². The third-order valence-corrected chi connectivity index (χ3v) is 5.22. The Kier molecular flexibility index (Phi) is 5.43. The molecule has 1 amide bonds. The monoisotopic (exact) mass is 414 g/mol. The van der Waals surface area contributed by atoms with Gasteiger partial charge in [0.25, 0.3) is 5.91 Å². The van der Waals surface area contributed by atoms with Crippen LogP contribution in [0.4, 0.5) is 0 Å². The summed E-state index contributed by atoms with van der Waals surface area (Å²) in [6, 6.07) is 21.4. The number of aliphatic hydroxyl groups is 1. The molecule has 0 radical (unpaired) electrons.